The molecule has 14 heavy (non-hydrogen) atoms. The summed E-state index contributed by atoms with van der Waals surface area (Å²) in [7, 11) is 0. The maximum Gasteiger partial charge on any atom is 0.384 e. The zero-order chi connectivity index (χ0) is 10.9. The summed E-state index contributed by atoms with van der Waals surface area (Å²) in [6.45, 7) is 1.62. The number of alkyl halides is 3. The summed E-state index contributed by atoms with van der Waals surface area (Å²) < 4.78 is 24.8. The lowest BCUT2D eigenvalue weighted by Gasteiger charge is -2.07. The normalized spacial score (nSPS) is 11.5. The predicted octanol–water partition coefficient (Wildman–Crippen LogP) is 3.66. The topological polar surface area (TPSA) is 17.1 Å². The van der Waals surface area contributed by atoms with Gasteiger partial charge >= 0.3 is 5.38 Å². The zero-order valence-corrected chi connectivity index (χ0v) is 8.66. The lowest BCUT2D eigenvalue weighted by molar-refractivity contribution is 0.0536. The smallest absolute Gasteiger partial charge is 0.286 e. The second-order valence-corrected chi connectivity index (χ2v) is 3.67. The molecule has 0 saturated carbocycles. The Morgan fingerprint density at radius 3 is 2.43 bits per heavy atom. The van der Waals surface area contributed by atoms with Crippen LogP contribution >= 0.6 is 23.2 Å². The Kier molecular flexibility index (Phi) is 3.12. The fraction of sp³-hybridized carbons (Fsp3) is 0.222. The second kappa shape index (κ2) is 3.83. The molecule has 0 fully saturated rings. The average Bonchev–Trinajstić information content (AvgIpc) is 2.07. The summed E-state index contributed by atoms with van der Waals surface area (Å²) in [5, 5.41) is -3.44. The fourth-order valence-electron chi connectivity index (χ4n) is 0.950. The minimum Gasteiger partial charge on any atom is -0.286 e. The lowest BCUT2D eigenvalue weighted by Crippen LogP contribution is -2.21. The van der Waals surface area contributed by atoms with Crippen LogP contribution in [0.3, 0.4) is 0 Å². The van der Waals surface area contributed by atoms with Gasteiger partial charge in [-0.25, -0.2) is 0 Å². The van der Waals surface area contributed by atoms with Crippen LogP contribution in [0, 0.1) is 6.92 Å². The van der Waals surface area contributed by atoms with E-state index in [-0.39, 0.29) is 5.56 Å². The molecule has 1 rings (SSSR count). The molecule has 0 atom stereocenters. The largest absolute Gasteiger partial charge is 0.384 e. The van der Waals surface area contributed by atoms with Gasteiger partial charge < -0.3 is 0 Å². The van der Waals surface area contributed by atoms with Gasteiger partial charge in [-0.15, -0.1) is 0 Å². The van der Waals surface area contributed by atoms with Crippen LogP contribution in [0.1, 0.15) is 15.9 Å². The zero-order valence-electron chi connectivity index (χ0n) is 7.15. The van der Waals surface area contributed by atoms with Gasteiger partial charge in [-0.1, -0.05) is 11.6 Å². The Hall–Kier alpha value is -0.670. The van der Waals surface area contributed by atoms with Crippen molar-refractivity contribution in [3.63, 3.8) is 0 Å². The van der Waals surface area contributed by atoms with Crippen LogP contribution in [-0.4, -0.2) is 11.2 Å². The van der Waals surface area contributed by atoms with Crippen molar-refractivity contribution >= 4 is 29.0 Å². The molecule has 1 nitrogen and oxygen atoms in total. The minimum atomic E-state index is -3.86. The molecule has 0 spiro atoms. The third kappa shape index (κ3) is 2.42. The van der Waals surface area contributed by atoms with E-state index in [0.717, 1.165) is 0 Å². The number of carbonyl (C=O) groups is 1. The summed E-state index contributed by atoms with van der Waals surface area (Å²) in [4.78, 5) is 11.0. The number of carbonyl (C=O) groups excluding carboxylic acids is 1. The monoisotopic (exact) mass is 238 g/mol. The van der Waals surface area contributed by atoms with Gasteiger partial charge in [0.1, 0.15) is 0 Å². The number of halogens is 4. The van der Waals surface area contributed by atoms with E-state index in [4.69, 9.17) is 11.6 Å². The first kappa shape index (κ1) is 11.4. The first-order valence-electron chi connectivity index (χ1n) is 3.70. The van der Waals surface area contributed by atoms with Crippen LogP contribution in [0.15, 0.2) is 18.2 Å². The highest BCUT2D eigenvalue weighted by Crippen LogP contribution is 2.26. The number of hydrogen-bond acceptors (Lipinski definition) is 1. The minimum absolute atomic E-state index is 0.146. The highest BCUT2D eigenvalue weighted by atomic mass is 35.5. The molecule has 1 aromatic carbocycles. The highest BCUT2D eigenvalue weighted by molar-refractivity contribution is 6.35. The van der Waals surface area contributed by atoms with Crippen molar-refractivity contribution in [3.8, 4) is 0 Å². The van der Waals surface area contributed by atoms with Crippen LogP contribution in [0.2, 0.25) is 5.02 Å². The number of benzene rings is 1. The molecule has 0 amide bonds. The number of Topliss-reactive ketones (excluding diaryl/α,β-unsaturated/α-hetero) is 1. The van der Waals surface area contributed by atoms with Crippen LogP contribution in [-0.2, 0) is 0 Å². The maximum absolute atomic E-state index is 12.4. The fourth-order valence-corrected chi connectivity index (χ4v) is 1.18. The highest BCUT2D eigenvalue weighted by Gasteiger charge is 2.36. The number of aryl methyl sites for hydroxylation is 1. The van der Waals surface area contributed by atoms with Gasteiger partial charge in [0.15, 0.2) is 0 Å². The SMILES string of the molecule is Cc1cc(C(=O)C(F)(F)Cl)ccc1Cl. The molecule has 0 aliphatic carbocycles. The van der Waals surface area contributed by atoms with Crippen molar-refractivity contribution in [2.24, 2.45) is 0 Å². The average molecular weight is 239 g/mol. The molecule has 0 bridgehead atoms. The summed E-state index contributed by atoms with van der Waals surface area (Å²) in [6.07, 6.45) is 0. The lowest BCUT2D eigenvalue weighted by atomic mass is 10.1. The van der Waals surface area contributed by atoms with Crippen LogP contribution < -0.4 is 0 Å². The van der Waals surface area contributed by atoms with Crippen molar-refractivity contribution in [2.75, 3.05) is 0 Å². The molecule has 0 aromatic heterocycles. The molecule has 0 heterocycles. The van der Waals surface area contributed by atoms with Crippen LogP contribution in [0.4, 0.5) is 8.78 Å². The summed E-state index contributed by atoms with van der Waals surface area (Å²) in [6, 6.07) is 3.88. The van der Waals surface area contributed by atoms with Crippen LogP contribution in [0.25, 0.3) is 0 Å². The van der Waals surface area contributed by atoms with Gasteiger partial charge in [0.25, 0.3) is 0 Å². The molecule has 76 valence electrons. The van der Waals surface area contributed by atoms with Crippen molar-refractivity contribution in [1.29, 1.82) is 0 Å². The molecular formula is C9H6Cl2F2O. The number of ketones is 1. The van der Waals surface area contributed by atoms with Gasteiger partial charge in [-0.2, -0.15) is 8.78 Å². The van der Waals surface area contributed by atoms with Gasteiger partial charge in [0.2, 0.25) is 5.78 Å². The Labute approximate surface area is 89.6 Å². The van der Waals surface area contributed by atoms with Crippen molar-refractivity contribution < 1.29 is 13.6 Å². The Morgan fingerprint density at radius 2 is 2.00 bits per heavy atom. The van der Waals surface area contributed by atoms with Crippen molar-refractivity contribution in [2.45, 2.75) is 12.3 Å². The molecule has 0 aliphatic heterocycles. The first-order chi connectivity index (χ1) is 6.32. The van der Waals surface area contributed by atoms with Crippen LogP contribution in [0.5, 0.6) is 0 Å². The second-order valence-electron chi connectivity index (χ2n) is 2.79. The number of rotatable bonds is 2. The van der Waals surface area contributed by atoms with Gasteiger partial charge in [0, 0.05) is 10.6 Å². The quantitative estimate of drug-likeness (QED) is 0.568. The van der Waals surface area contributed by atoms with Gasteiger partial charge in [-0.3, -0.25) is 4.79 Å². The van der Waals surface area contributed by atoms with E-state index in [2.05, 4.69) is 11.6 Å². The molecule has 5 heteroatoms. The third-order valence-electron chi connectivity index (χ3n) is 1.68. The van der Waals surface area contributed by atoms with Gasteiger partial charge in [-0.05, 0) is 42.3 Å². The van der Waals surface area contributed by atoms with E-state index in [1.54, 1.807) is 6.92 Å². The van der Waals surface area contributed by atoms with Gasteiger partial charge in [0.05, 0.1) is 0 Å². The first-order valence-corrected chi connectivity index (χ1v) is 4.45. The molecule has 0 radical (unpaired) electrons. The van der Waals surface area contributed by atoms with E-state index in [1.807, 2.05) is 0 Å². The Bertz CT molecular complexity index is 372. The molecule has 0 N–H and O–H groups in total. The summed E-state index contributed by atoms with van der Waals surface area (Å²) >= 11 is 10.3. The maximum atomic E-state index is 12.4. The van der Waals surface area contributed by atoms with E-state index in [9.17, 15) is 13.6 Å². The van der Waals surface area contributed by atoms with E-state index in [0.29, 0.717) is 10.6 Å². The van der Waals surface area contributed by atoms with E-state index in [1.165, 1.54) is 18.2 Å². The van der Waals surface area contributed by atoms with E-state index < -0.39 is 11.2 Å². The molecule has 0 unspecified atom stereocenters. The number of hydrogen-bond donors (Lipinski definition) is 0. The van der Waals surface area contributed by atoms with Crippen molar-refractivity contribution in [3.05, 3.63) is 34.3 Å². The molecule has 0 saturated heterocycles. The summed E-state index contributed by atoms with van der Waals surface area (Å²) in [5.74, 6) is -1.42. The molecule has 0 aliphatic rings. The summed E-state index contributed by atoms with van der Waals surface area (Å²) in [5.41, 5.74) is 0.408. The predicted molar refractivity (Wildman–Crippen MR) is 51.3 cm³/mol. The molecular weight excluding hydrogens is 233 g/mol. The third-order valence-corrected chi connectivity index (χ3v) is 2.27. The standard InChI is InChI=1S/C9H6Cl2F2O/c1-5-4-6(2-3-7(5)10)8(14)9(11,12)13/h2-4H,1H3. The molecule has 1 aromatic rings. The van der Waals surface area contributed by atoms with E-state index >= 15 is 0 Å². The Balaban J connectivity index is 3.10. The van der Waals surface area contributed by atoms with Crippen molar-refractivity contribution in [1.82, 2.24) is 0 Å². The Morgan fingerprint density at radius 1 is 1.43 bits per heavy atom.